The molecule has 0 fully saturated rings. The highest BCUT2D eigenvalue weighted by Gasteiger charge is 2.34. The van der Waals surface area contributed by atoms with Crippen LogP contribution in [0.2, 0.25) is 5.02 Å². The van der Waals surface area contributed by atoms with Gasteiger partial charge in [-0.2, -0.15) is 17.9 Å². The van der Waals surface area contributed by atoms with Crippen molar-refractivity contribution in [2.45, 2.75) is 30.5 Å². The molecule has 11 heteroatoms. The Morgan fingerprint density at radius 2 is 1.74 bits per heavy atom. The van der Waals surface area contributed by atoms with Gasteiger partial charge in [0, 0.05) is 5.69 Å². The number of ether oxygens (including phenoxy) is 1. The number of carbonyl (C=O) groups is 1. The Kier molecular flexibility index (Phi) is 8.09. The summed E-state index contributed by atoms with van der Waals surface area (Å²) in [5.74, 6) is -0.344. The van der Waals surface area contributed by atoms with Gasteiger partial charge in [-0.1, -0.05) is 41.9 Å². The van der Waals surface area contributed by atoms with Crippen molar-refractivity contribution in [1.29, 1.82) is 0 Å². The van der Waals surface area contributed by atoms with E-state index in [9.17, 15) is 26.4 Å². The van der Waals surface area contributed by atoms with Crippen molar-refractivity contribution in [3.05, 3.63) is 88.4 Å². The highest BCUT2D eigenvalue weighted by Crippen LogP contribution is 2.36. The van der Waals surface area contributed by atoms with Crippen LogP contribution in [0.5, 0.6) is 5.75 Å². The van der Waals surface area contributed by atoms with Gasteiger partial charge in [0.2, 0.25) is 15.9 Å². The van der Waals surface area contributed by atoms with Crippen LogP contribution in [0, 0.1) is 6.92 Å². The summed E-state index contributed by atoms with van der Waals surface area (Å²) in [5.41, 5.74) is -0.0798. The molecule has 0 aliphatic rings. The lowest BCUT2D eigenvalue weighted by Crippen LogP contribution is -2.45. The quantitative estimate of drug-likeness (QED) is 0.422. The second-order valence-corrected chi connectivity index (χ2v) is 9.80. The molecule has 35 heavy (non-hydrogen) atoms. The summed E-state index contributed by atoms with van der Waals surface area (Å²) in [7, 11) is -2.72. The van der Waals surface area contributed by atoms with Crippen molar-refractivity contribution >= 4 is 33.2 Å². The zero-order valence-electron chi connectivity index (χ0n) is 18.7. The molecule has 6 nitrogen and oxygen atoms in total. The van der Waals surface area contributed by atoms with Gasteiger partial charge >= 0.3 is 6.18 Å². The fraction of sp³-hybridized carbons (Fsp3) is 0.208. The minimum atomic E-state index is -4.73. The van der Waals surface area contributed by atoms with E-state index in [0.29, 0.717) is 22.9 Å². The van der Waals surface area contributed by atoms with Crippen LogP contribution in [0.25, 0.3) is 0 Å². The Morgan fingerprint density at radius 3 is 2.34 bits per heavy atom. The second-order valence-electron chi connectivity index (χ2n) is 7.68. The number of hydrogen-bond donors (Lipinski definition) is 2. The molecule has 0 aromatic heterocycles. The van der Waals surface area contributed by atoms with Crippen LogP contribution >= 0.6 is 11.6 Å². The first-order chi connectivity index (χ1) is 16.4. The van der Waals surface area contributed by atoms with E-state index < -0.39 is 38.7 Å². The van der Waals surface area contributed by atoms with E-state index in [0.717, 1.165) is 6.07 Å². The predicted molar refractivity (Wildman–Crippen MR) is 127 cm³/mol. The average Bonchev–Trinajstić information content (AvgIpc) is 2.79. The van der Waals surface area contributed by atoms with Crippen molar-refractivity contribution in [3.8, 4) is 5.75 Å². The number of hydrogen-bond acceptors (Lipinski definition) is 4. The third kappa shape index (κ3) is 6.74. The number of alkyl halides is 3. The molecule has 3 rings (SSSR count). The van der Waals surface area contributed by atoms with Gasteiger partial charge in [0.25, 0.3) is 0 Å². The number of halogens is 4. The molecular formula is C24H22ClF3N2O4S. The molecule has 2 N–H and O–H groups in total. The smallest absolute Gasteiger partial charge is 0.417 e. The minimum Gasteiger partial charge on any atom is -0.496 e. The van der Waals surface area contributed by atoms with Gasteiger partial charge in [0.1, 0.15) is 11.8 Å². The maximum Gasteiger partial charge on any atom is 0.417 e. The topological polar surface area (TPSA) is 84.5 Å². The molecule has 0 spiro atoms. The molecule has 0 aliphatic carbocycles. The Hall–Kier alpha value is -3.08. The maximum absolute atomic E-state index is 13.2. The first-order valence-electron chi connectivity index (χ1n) is 10.3. The molecular weight excluding hydrogens is 505 g/mol. The Morgan fingerprint density at radius 1 is 1.06 bits per heavy atom. The molecule has 0 saturated heterocycles. The number of sulfonamides is 1. The number of benzene rings is 3. The van der Waals surface area contributed by atoms with Crippen molar-refractivity contribution in [3.63, 3.8) is 0 Å². The molecule has 3 aromatic carbocycles. The van der Waals surface area contributed by atoms with Crippen molar-refractivity contribution in [1.82, 2.24) is 4.72 Å². The molecule has 3 aromatic rings. The lowest BCUT2D eigenvalue weighted by Gasteiger charge is -2.20. The normalized spacial score (nSPS) is 12.7. The number of nitrogens with one attached hydrogen (secondary N) is 2. The Labute approximate surface area is 206 Å². The number of rotatable bonds is 8. The van der Waals surface area contributed by atoms with Gasteiger partial charge in [0.05, 0.1) is 22.6 Å². The van der Waals surface area contributed by atoms with Crippen LogP contribution in [0.15, 0.2) is 71.6 Å². The minimum absolute atomic E-state index is 0.0409. The van der Waals surface area contributed by atoms with Gasteiger partial charge in [-0.05, 0) is 60.9 Å². The maximum atomic E-state index is 13.2. The predicted octanol–water partition coefficient (Wildman–Crippen LogP) is 5.20. The fourth-order valence-corrected chi connectivity index (χ4v) is 4.87. The van der Waals surface area contributed by atoms with E-state index in [-0.39, 0.29) is 17.0 Å². The summed E-state index contributed by atoms with van der Waals surface area (Å²) < 4.78 is 73.3. The summed E-state index contributed by atoms with van der Waals surface area (Å²) in [4.78, 5) is 13.0. The van der Waals surface area contributed by atoms with E-state index in [4.69, 9.17) is 16.3 Å². The lowest BCUT2D eigenvalue weighted by atomic mass is 10.1. The molecule has 186 valence electrons. The summed E-state index contributed by atoms with van der Waals surface area (Å²) in [6.07, 6.45) is -4.77. The Bertz CT molecular complexity index is 1320. The Balaban J connectivity index is 1.91. The summed E-state index contributed by atoms with van der Waals surface area (Å²) >= 11 is 5.64. The SMILES string of the molecule is COc1ccc(S(=O)(=O)N[C@@H](Cc2ccccc2)C(=O)Nc2ccc(Cl)c(C(F)(F)F)c2)cc1C. The lowest BCUT2D eigenvalue weighted by molar-refractivity contribution is -0.137. The third-order valence-electron chi connectivity index (χ3n) is 5.11. The van der Waals surface area contributed by atoms with Crippen molar-refractivity contribution < 1.29 is 31.1 Å². The first kappa shape index (κ1) is 26.5. The number of aryl methyl sites for hydroxylation is 1. The summed E-state index contributed by atoms with van der Waals surface area (Å²) in [6, 6.07) is 14.4. The van der Waals surface area contributed by atoms with Crippen LogP contribution in [0.4, 0.5) is 18.9 Å². The average molecular weight is 527 g/mol. The summed E-state index contributed by atoms with van der Waals surface area (Å²) in [5, 5.41) is 1.84. The zero-order chi connectivity index (χ0) is 25.8. The van der Waals surface area contributed by atoms with Crippen LogP contribution < -0.4 is 14.8 Å². The van der Waals surface area contributed by atoms with Gasteiger partial charge in [-0.3, -0.25) is 4.79 Å². The van der Waals surface area contributed by atoms with E-state index in [1.54, 1.807) is 37.3 Å². The molecule has 0 unspecified atom stereocenters. The van der Waals surface area contributed by atoms with E-state index in [1.165, 1.54) is 31.4 Å². The first-order valence-corrected chi connectivity index (χ1v) is 12.2. The standard InChI is InChI=1S/C24H22ClF3N2O4S/c1-15-12-18(9-11-22(15)34-2)35(32,33)30-21(13-16-6-4-3-5-7-16)23(31)29-17-8-10-20(25)19(14-17)24(26,27)28/h3-12,14,21,30H,13H2,1-2H3,(H,29,31)/t21-/m0/s1. The van der Waals surface area contributed by atoms with Gasteiger partial charge in [0.15, 0.2) is 0 Å². The number of carbonyl (C=O) groups excluding carboxylic acids is 1. The van der Waals surface area contributed by atoms with Crippen LogP contribution in [0.3, 0.4) is 0 Å². The molecule has 0 saturated carbocycles. The summed E-state index contributed by atoms with van der Waals surface area (Å²) in [6.45, 7) is 1.67. The second kappa shape index (κ2) is 10.7. The molecule has 0 aliphatic heterocycles. The molecule has 1 amide bonds. The highest BCUT2D eigenvalue weighted by atomic mass is 35.5. The van der Waals surface area contributed by atoms with Crippen LogP contribution in [0.1, 0.15) is 16.7 Å². The fourth-order valence-electron chi connectivity index (χ4n) is 3.36. The largest absolute Gasteiger partial charge is 0.496 e. The van der Waals surface area contributed by atoms with E-state index >= 15 is 0 Å². The van der Waals surface area contributed by atoms with E-state index in [1.807, 2.05) is 0 Å². The van der Waals surface area contributed by atoms with Crippen LogP contribution in [-0.2, 0) is 27.4 Å². The van der Waals surface area contributed by atoms with Gasteiger partial charge in [-0.15, -0.1) is 0 Å². The monoisotopic (exact) mass is 526 g/mol. The highest BCUT2D eigenvalue weighted by molar-refractivity contribution is 7.89. The van der Waals surface area contributed by atoms with Crippen LogP contribution in [-0.4, -0.2) is 27.5 Å². The number of anilines is 1. The molecule has 0 bridgehead atoms. The zero-order valence-corrected chi connectivity index (χ0v) is 20.3. The molecule has 1 atom stereocenters. The van der Waals surface area contributed by atoms with Crippen molar-refractivity contribution in [2.75, 3.05) is 12.4 Å². The molecule has 0 heterocycles. The van der Waals surface area contributed by atoms with Gasteiger partial charge < -0.3 is 10.1 Å². The number of methoxy groups -OCH3 is 1. The van der Waals surface area contributed by atoms with Gasteiger partial charge in [-0.25, -0.2) is 8.42 Å². The number of amides is 1. The van der Waals surface area contributed by atoms with Crippen molar-refractivity contribution in [2.24, 2.45) is 0 Å². The van der Waals surface area contributed by atoms with E-state index in [2.05, 4.69) is 10.0 Å². The third-order valence-corrected chi connectivity index (χ3v) is 6.91. The molecule has 0 radical (unpaired) electrons.